The molecule has 0 saturated carbocycles. The lowest BCUT2D eigenvalue weighted by atomic mass is 10.1. The zero-order valence-corrected chi connectivity index (χ0v) is 11.9. The molecule has 0 aliphatic heterocycles. The van der Waals surface area contributed by atoms with Gasteiger partial charge in [-0.1, -0.05) is 6.07 Å². The van der Waals surface area contributed by atoms with Crippen molar-refractivity contribution >= 4 is 0 Å². The Morgan fingerprint density at radius 2 is 1.86 bits per heavy atom. The Hall–Kier alpha value is -2.14. The lowest BCUT2D eigenvalue weighted by Crippen LogP contribution is -2.20. The van der Waals surface area contributed by atoms with Gasteiger partial charge in [0.2, 0.25) is 0 Å². The van der Waals surface area contributed by atoms with Gasteiger partial charge in [0, 0.05) is 23.7 Å². The largest absolute Gasteiger partial charge is 0.508 e. The number of hydrogen-bond acceptors (Lipinski definition) is 3. The summed E-state index contributed by atoms with van der Waals surface area (Å²) in [7, 11) is 1.53. The van der Waals surface area contributed by atoms with E-state index in [-0.39, 0.29) is 17.9 Å². The normalized spacial score (nSPS) is 12.2. The standard InChI is InChI=1S/C16H17F2NO2/c1-10(16-13(17)4-3-5-14(16)18)19-9-11-8-12(21-2)6-7-15(11)20/h3-8,10,19-20H,9H2,1-2H3. The first-order valence-electron chi connectivity index (χ1n) is 6.56. The molecule has 0 aliphatic carbocycles. The number of rotatable bonds is 5. The summed E-state index contributed by atoms with van der Waals surface area (Å²) in [5.41, 5.74) is 0.581. The predicted molar refractivity (Wildman–Crippen MR) is 76.3 cm³/mol. The number of ether oxygens (including phenoxy) is 1. The van der Waals surface area contributed by atoms with Crippen LogP contribution in [0.3, 0.4) is 0 Å². The fourth-order valence-corrected chi connectivity index (χ4v) is 2.12. The maximum absolute atomic E-state index is 13.7. The van der Waals surface area contributed by atoms with Crippen LogP contribution < -0.4 is 10.1 Å². The van der Waals surface area contributed by atoms with Crippen LogP contribution in [-0.2, 0) is 6.54 Å². The molecule has 1 unspecified atom stereocenters. The number of methoxy groups -OCH3 is 1. The molecule has 0 amide bonds. The van der Waals surface area contributed by atoms with Crippen LogP contribution in [0.2, 0.25) is 0 Å². The van der Waals surface area contributed by atoms with E-state index in [2.05, 4.69) is 5.32 Å². The first-order chi connectivity index (χ1) is 10.0. The number of nitrogens with one attached hydrogen (secondary N) is 1. The Morgan fingerprint density at radius 3 is 2.48 bits per heavy atom. The summed E-state index contributed by atoms with van der Waals surface area (Å²) < 4.78 is 32.4. The van der Waals surface area contributed by atoms with E-state index < -0.39 is 17.7 Å². The molecule has 0 aromatic heterocycles. The summed E-state index contributed by atoms with van der Waals surface area (Å²) in [4.78, 5) is 0. The fraction of sp³-hybridized carbons (Fsp3) is 0.250. The summed E-state index contributed by atoms with van der Waals surface area (Å²) >= 11 is 0. The minimum Gasteiger partial charge on any atom is -0.508 e. The van der Waals surface area contributed by atoms with E-state index in [9.17, 15) is 13.9 Å². The molecule has 112 valence electrons. The summed E-state index contributed by atoms with van der Waals surface area (Å²) in [5.74, 6) is -0.478. The quantitative estimate of drug-likeness (QED) is 0.886. The van der Waals surface area contributed by atoms with Gasteiger partial charge in [-0.3, -0.25) is 0 Å². The van der Waals surface area contributed by atoms with Crippen molar-refractivity contribution in [3.05, 3.63) is 59.2 Å². The number of phenolic OH excluding ortho intramolecular Hbond substituents is 1. The average Bonchev–Trinajstić information content (AvgIpc) is 2.46. The lowest BCUT2D eigenvalue weighted by Gasteiger charge is -2.16. The third-order valence-corrected chi connectivity index (χ3v) is 3.32. The van der Waals surface area contributed by atoms with E-state index in [0.29, 0.717) is 11.3 Å². The number of hydrogen-bond donors (Lipinski definition) is 2. The summed E-state index contributed by atoms with van der Waals surface area (Å²) in [6.45, 7) is 1.93. The van der Waals surface area contributed by atoms with Crippen molar-refractivity contribution in [2.75, 3.05) is 7.11 Å². The van der Waals surface area contributed by atoms with Gasteiger partial charge >= 0.3 is 0 Å². The van der Waals surface area contributed by atoms with Crippen molar-refractivity contribution in [3.8, 4) is 11.5 Å². The average molecular weight is 293 g/mol. The molecule has 0 spiro atoms. The van der Waals surface area contributed by atoms with Gasteiger partial charge in [-0.05, 0) is 37.3 Å². The van der Waals surface area contributed by atoms with Gasteiger partial charge in [-0.15, -0.1) is 0 Å². The highest BCUT2D eigenvalue weighted by Crippen LogP contribution is 2.25. The van der Waals surface area contributed by atoms with Gasteiger partial charge in [0.05, 0.1) is 7.11 Å². The smallest absolute Gasteiger partial charge is 0.130 e. The number of benzene rings is 2. The number of phenols is 1. The van der Waals surface area contributed by atoms with E-state index in [1.165, 1.54) is 31.4 Å². The van der Waals surface area contributed by atoms with Crippen LogP contribution in [0.25, 0.3) is 0 Å². The molecule has 0 fully saturated rings. The van der Waals surface area contributed by atoms with E-state index in [0.717, 1.165) is 0 Å². The van der Waals surface area contributed by atoms with Gasteiger partial charge < -0.3 is 15.2 Å². The van der Waals surface area contributed by atoms with E-state index in [1.807, 2.05) is 0 Å². The second-order valence-corrected chi connectivity index (χ2v) is 4.73. The topological polar surface area (TPSA) is 41.5 Å². The molecule has 2 aromatic rings. The highest BCUT2D eigenvalue weighted by Gasteiger charge is 2.16. The molecule has 0 heterocycles. The fourth-order valence-electron chi connectivity index (χ4n) is 2.12. The van der Waals surface area contributed by atoms with Gasteiger partial charge in [0.15, 0.2) is 0 Å². The molecule has 0 bridgehead atoms. The minimum atomic E-state index is -0.593. The minimum absolute atomic E-state index is 0.0140. The zero-order chi connectivity index (χ0) is 15.4. The van der Waals surface area contributed by atoms with Crippen molar-refractivity contribution in [2.45, 2.75) is 19.5 Å². The SMILES string of the molecule is COc1ccc(O)c(CNC(C)c2c(F)cccc2F)c1. The van der Waals surface area contributed by atoms with Crippen molar-refractivity contribution in [3.63, 3.8) is 0 Å². The van der Waals surface area contributed by atoms with Crippen LogP contribution in [0.15, 0.2) is 36.4 Å². The molecular weight excluding hydrogens is 276 g/mol. The molecule has 5 heteroatoms. The second kappa shape index (κ2) is 6.54. The van der Waals surface area contributed by atoms with Crippen LogP contribution in [-0.4, -0.2) is 12.2 Å². The predicted octanol–water partition coefficient (Wildman–Crippen LogP) is 3.53. The zero-order valence-electron chi connectivity index (χ0n) is 11.9. The van der Waals surface area contributed by atoms with Crippen LogP contribution in [0.4, 0.5) is 8.78 Å². The Balaban J connectivity index is 2.13. The molecule has 1 atom stereocenters. The summed E-state index contributed by atoms with van der Waals surface area (Å²) in [6, 6.07) is 8.07. The maximum atomic E-state index is 13.7. The molecule has 0 aliphatic rings. The number of aromatic hydroxyl groups is 1. The van der Waals surface area contributed by atoms with E-state index in [4.69, 9.17) is 4.74 Å². The van der Waals surface area contributed by atoms with Crippen LogP contribution in [0.1, 0.15) is 24.1 Å². The third kappa shape index (κ3) is 3.49. The van der Waals surface area contributed by atoms with Gasteiger partial charge in [0.1, 0.15) is 23.1 Å². The first kappa shape index (κ1) is 15.3. The Kier molecular flexibility index (Phi) is 4.75. The first-order valence-corrected chi connectivity index (χ1v) is 6.56. The van der Waals surface area contributed by atoms with E-state index >= 15 is 0 Å². The second-order valence-electron chi connectivity index (χ2n) is 4.73. The Morgan fingerprint density at radius 1 is 1.19 bits per heavy atom. The molecule has 2 rings (SSSR count). The molecule has 21 heavy (non-hydrogen) atoms. The van der Waals surface area contributed by atoms with Gasteiger partial charge in [0.25, 0.3) is 0 Å². The van der Waals surface area contributed by atoms with Crippen molar-refractivity contribution < 1.29 is 18.6 Å². The Bertz CT molecular complexity index is 611. The van der Waals surface area contributed by atoms with Crippen LogP contribution in [0.5, 0.6) is 11.5 Å². The van der Waals surface area contributed by atoms with Crippen LogP contribution >= 0.6 is 0 Å². The highest BCUT2D eigenvalue weighted by atomic mass is 19.1. The van der Waals surface area contributed by atoms with Gasteiger partial charge in [-0.25, -0.2) is 8.78 Å². The lowest BCUT2D eigenvalue weighted by molar-refractivity contribution is 0.409. The van der Waals surface area contributed by atoms with Crippen LogP contribution in [0, 0.1) is 11.6 Å². The molecule has 2 aromatic carbocycles. The summed E-state index contributed by atoms with van der Waals surface area (Å²) in [5, 5.41) is 12.8. The Labute approximate surface area is 122 Å². The van der Waals surface area contributed by atoms with Crippen molar-refractivity contribution in [1.82, 2.24) is 5.32 Å². The molecule has 2 N–H and O–H groups in total. The molecule has 0 radical (unpaired) electrons. The number of halogens is 2. The summed E-state index contributed by atoms with van der Waals surface area (Å²) in [6.07, 6.45) is 0. The van der Waals surface area contributed by atoms with E-state index in [1.54, 1.807) is 19.1 Å². The van der Waals surface area contributed by atoms with Crippen molar-refractivity contribution in [2.24, 2.45) is 0 Å². The monoisotopic (exact) mass is 293 g/mol. The maximum Gasteiger partial charge on any atom is 0.130 e. The molecular formula is C16H17F2NO2. The van der Waals surface area contributed by atoms with Crippen molar-refractivity contribution in [1.29, 1.82) is 0 Å². The molecule has 0 saturated heterocycles. The van der Waals surface area contributed by atoms with Gasteiger partial charge in [-0.2, -0.15) is 0 Å². The third-order valence-electron chi connectivity index (χ3n) is 3.32. The molecule has 3 nitrogen and oxygen atoms in total. The highest BCUT2D eigenvalue weighted by molar-refractivity contribution is 5.39.